The Morgan fingerprint density at radius 1 is 0.433 bits per heavy atom. The Morgan fingerprint density at radius 2 is 0.950 bits per heavy atom. The molecule has 1 aliphatic heterocycles. The predicted molar refractivity (Wildman–Crippen MR) is 248 cm³/mol. The highest BCUT2D eigenvalue weighted by atomic mass is 32.2. The van der Waals surface area contributed by atoms with Gasteiger partial charge in [0.15, 0.2) is 0 Å². The largest absolute Gasteiger partial charge is 0.294 e. The molecule has 0 bridgehead atoms. The van der Waals surface area contributed by atoms with Gasteiger partial charge in [-0.2, -0.15) is 0 Å². The van der Waals surface area contributed by atoms with Crippen LogP contribution in [0, 0.1) is 0 Å². The van der Waals surface area contributed by atoms with Crippen LogP contribution < -0.4 is 0 Å². The maximum absolute atomic E-state index is 13.9. The summed E-state index contributed by atoms with van der Waals surface area (Å²) in [7, 11) is -3.70. The molecule has 0 atom stereocenters. The topological polar surface area (TPSA) is 52.0 Å². The van der Waals surface area contributed by atoms with Gasteiger partial charge in [-0.1, -0.05) is 153 Å². The molecule has 10 aromatic carbocycles. The van der Waals surface area contributed by atoms with Gasteiger partial charge in [0, 0.05) is 6.42 Å². The van der Waals surface area contributed by atoms with E-state index in [0.29, 0.717) is 32.9 Å². The first kappa shape index (κ1) is 34.7. The van der Waals surface area contributed by atoms with Gasteiger partial charge in [-0.3, -0.25) is 4.57 Å². The second-order valence-corrected chi connectivity index (χ2v) is 17.7. The monoisotopic (exact) mass is 788 g/mol. The summed E-state index contributed by atoms with van der Waals surface area (Å²) in [5, 5.41) is 9.73. The van der Waals surface area contributed by atoms with E-state index < -0.39 is 9.84 Å². The highest BCUT2D eigenvalue weighted by Gasteiger charge is 2.33. The van der Waals surface area contributed by atoms with Crippen molar-refractivity contribution in [2.75, 3.05) is 0 Å². The number of hydrogen-bond donors (Lipinski definition) is 0. The van der Waals surface area contributed by atoms with Crippen molar-refractivity contribution in [2.24, 2.45) is 0 Å². The van der Waals surface area contributed by atoms with Crippen LogP contribution in [0.2, 0.25) is 0 Å². The van der Waals surface area contributed by atoms with E-state index in [2.05, 4.69) is 159 Å². The zero-order chi connectivity index (χ0) is 40.1. The summed E-state index contributed by atoms with van der Waals surface area (Å²) in [5.41, 5.74) is 11.0. The minimum absolute atomic E-state index is 0.310. The normalized spacial score (nSPS) is 13.1. The molecular formula is C55H36N2O2S. The number of para-hydroxylation sites is 1. The molecule has 4 nitrogen and oxygen atoms in total. The van der Waals surface area contributed by atoms with Crippen LogP contribution in [0.25, 0.3) is 104 Å². The minimum Gasteiger partial charge on any atom is -0.294 e. The Labute approximate surface area is 347 Å². The molecule has 60 heavy (non-hydrogen) atoms. The fourth-order valence-electron chi connectivity index (χ4n) is 9.60. The summed E-state index contributed by atoms with van der Waals surface area (Å²) in [5.74, 6) is 0.844. The van der Waals surface area contributed by atoms with E-state index in [4.69, 9.17) is 4.98 Å². The maximum Gasteiger partial charge on any atom is 0.210 e. The third kappa shape index (κ3) is 5.16. The van der Waals surface area contributed by atoms with Gasteiger partial charge < -0.3 is 0 Å². The third-order valence-corrected chi connectivity index (χ3v) is 14.3. The second kappa shape index (κ2) is 13.1. The smallest absolute Gasteiger partial charge is 0.210 e. The Hall–Kier alpha value is -7.34. The molecule has 0 fully saturated rings. The molecule has 0 aliphatic carbocycles. The lowest BCUT2D eigenvalue weighted by Crippen LogP contribution is -2.15. The van der Waals surface area contributed by atoms with Crippen molar-refractivity contribution in [3.05, 3.63) is 194 Å². The zero-order valence-electron chi connectivity index (χ0n) is 32.7. The minimum atomic E-state index is -3.70. The first-order valence-electron chi connectivity index (χ1n) is 20.4. The molecule has 0 saturated heterocycles. The van der Waals surface area contributed by atoms with E-state index in [1.165, 1.54) is 65.3 Å². The lowest BCUT2D eigenvalue weighted by atomic mass is 9.84. The first-order chi connectivity index (χ1) is 29.4. The molecule has 284 valence electrons. The summed E-state index contributed by atoms with van der Waals surface area (Å²) in [6, 6.07) is 66.2. The van der Waals surface area contributed by atoms with Crippen LogP contribution >= 0.6 is 0 Å². The molecule has 0 radical (unpaired) electrons. The van der Waals surface area contributed by atoms with Crippen molar-refractivity contribution in [3.8, 4) is 50.2 Å². The van der Waals surface area contributed by atoms with Crippen molar-refractivity contribution in [3.63, 3.8) is 0 Å². The van der Waals surface area contributed by atoms with Crippen LogP contribution in [0.3, 0.4) is 0 Å². The number of rotatable bonds is 5. The van der Waals surface area contributed by atoms with Gasteiger partial charge in [0.05, 0.1) is 26.5 Å². The van der Waals surface area contributed by atoms with Gasteiger partial charge in [0.2, 0.25) is 9.84 Å². The number of aromatic nitrogens is 2. The van der Waals surface area contributed by atoms with Crippen molar-refractivity contribution in [1.82, 2.24) is 9.55 Å². The van der Waals surface area contributed by atoms with Gasteiger partial charge in [-0.25, -0.2) is 13.4 Å². The molecular weight excluding hydrogens is 753 g/mol. The lowest BCUT2D eigenvalue weighted by molar-refractivity contribution is 0.594. The lowest BCUT2D eigenvalue weighted by Gasteiger charge is -2.21. The maximum atomic E-state index is 13.9. The van der Waals surface area contributed by atoms with Crippen molar-refractivity contribution in [2.45, 2.75) is 23.1 Å². The molecule has 1 aliphatic rings. The molecule has 0 amide bonds. The third-order valence-electron chi connectivity index (χ3n) is 12.5. The number of hydrogen-bond acceptors (Lipinski definition) is 3. The molecule has 1 aromatic heterocycles. The summed E-state index contributed by atoms with van der Waals surface area (Å²) >= 11 is 0. The van der Waals surface area contributed by atoms with Gasteiger partial charge >= 0.3 is 0 Å². The average molecular weight is 789 g/mol. The Balaban J connectivity index is 1.03. The number of sulfone groups is 1. The number of fused-ring (bicyclic) bond motifs is 6. The van der Waals surface area contributed by atoms with Crippen LogP contribution in [0.5, 0.6) is 0 Å². The van der Waals surface area contributed by atoms with E-state index in [1.807, 2.05) is 22.8 Å². The van der Waals surface area contributed by atoms with Gasteiger partial charge in [-0.05, 0) is 130 Å². The zero-order valence-corrected chi connectivity index (χ0v) is 33.5. The van der Waals surface area contributed by atoms with E-state index >= 15 is 0 Å². The number of nitrogens with zero attached hydrogens (tertiary/aromatic N) is 2. The fraction of sp³-hybridized carbons (Fsp3) is 0.0364. The fourth-order valence-corrected chi connectivity index (χ4v) is 11.2. The summed E-state index contributed by atoms with van der Waals surface area (Å²) in [4.78, 5) is 5.45. The van der Waals surface area contributed by atoms with E-state index in [-0.39, 0.29) is 0 Å². The van der Waals surface area contributed by atoms with Crippen LogP contribution in [0.15, 0.2) is 198 Å². The molecule has 11 aromatic rings. The SMILES string of the molecule is CCc1nc2cccc3c2n1-c1cc(-c2ccc(-c4ccc5c(-c6ccc7ccccc7c6)c6ccccc6c(-c6ccc7ccccc7c6)c5c4)cc2)ccc1S3(=O)=O. The Bertz CT molecular complexity index is 3710. The molecule has 0 N–H and O–H groups in total. The van der Waals surface area contributed by atoms with Crippen molar-refractivity contribution >= 4 is 64.0 Å². The van der Waals surface area contributed by atoms with Crippen molar-refractivity contribution in [1.29, 1.82) is 0 Å². The quantitative estimate of drug-likeness (QED) is 0.163. The van der Waals surface area contributed by atoms with Crippen LogP contribution in [-0.2, 0) is 16.3 Å². The van der Waals surface area contributed by atoms with Crippen LogP contribution in [-0.4, -0.2) is 18.0 Å². The molecule has 0 unspecified atom stereocenters. The molecule has 12 rings (SSSR count). The van der Waals surface area contributed by atoms with Crippen LogP contribution in [0.1, 0.15) is 12.7 Å². The summed E-state index contributed by atoms with van der Waals surface area (Å²) in [6.07, 6.45) is 0.681. The van der Waals surface area contributed by atoms with E-state index in [9.17, 15) is 8.42 Å². The number of aryl methyl sites for hydroxylation is 1. The van der Waals surface area contributed by atoms with Gasteiger partial charge in [0.25, 0.3) is 0 Å². The highest BCUT2D eigenvalue weighted by molar-refractivity contribution is 7.92. The molecule has 5 heteroatoms. The van der Waals surface area contributed by atoms with Crippen molar-refractivity contribution < 1.29 is 8.42 Å². The average Bonchev–Trinajstić information content (AvgIpc) is 3.69. The molecule has 0 saturated carbocycles. The molecule has 0 spiro atoms. The highest BCUT2D eigenvalue weighted by Crippen LogP contribution is 2.46. The first-order valence-corrected chi connectivity index (χ1v) is 21.9. The predicted octanol–water partition coefficient (Wildman–Crippen LogP) is 14.0. The summed E-state index contributed by atoms with van der Waals surface area (Å²) in [6.45, 7) is 2.06. The molecule has 2 heterocycles. The number of imidazole rings is 1. The van der Waals surface area contributed by atoms with Gasteiger partial charge in [0.1, 0.15) is 5.82 Å². The van der Waals surface area contributed by atoms with E-state index in [1.54, 1.807) is 18.2 Å². The van der Waals surface area contributed by atoms with Crippen LogP contribution in [0.4, 0.5) is 0 Å². The number of benzene rings is 10. The van der Waals surface area contributed by atoms with Gasteiger partial charge in [-0.15, -0.1) is 0 Å². The Kier molecular flexibility index (Phi) is 7.56. The second-order valence-electron chi connectivity index (χ2n) is 15.8. The summed E-state index contributed by atoms with van der Waals surface area (Å²) < 4.78 is 29.8. The Morgan fingerprint density at radius 3 is 1.58 bits per heavy atom. The standard InChI is InChI=1S/C55H36N2O2S/c1-2-52-56-48-16-9-17-51-55(48)57(52)49-33-41(27-29-50(49)60(51,58)59)37-20-18-36(19-21-37)40-26-28-46-47(32-40)54(43-25-23-35-11-4-6-13-39(35)31-43)45-15-8-7-14-44(45)53(46)42-24-22-34-10-3-5-12-38(34)30-42/h3-33H,2H2,1H3. The van der Waals surface area contributed by atoms with E-state index in [0.717, 1.165) is 28.1 Å².